The quantitative estimate of drug-likeness (QED) is 0.580. The molecule has 0 aliphatic carbocycles. The molecule has 0 radical (unpaired) electrons. The van der Waals surface area contributed by atoms with Gasteiger partial charge in [-0.1, -0.05) is 23.2 Å². The lowest BCUT2D eigenvalue weighted by molar-refractivity contribution is -0.169. The largest absolute Gasteiger partial charge is 0.452 e. The van der Waals surface area contributed by atoms with Crippen molar-refractivity contribution in [2.24, 2.45) is 0 Å². The van der Waals surface area contributed by atoms with Crippen LogP contribution in [-0.4, -0.2) is 27.7 Å². The molecule has 0 aromatic heterocycles. The monoisotopic (exact) mass is 216 g/mol. The summed E-state index contributed by atoms with van der Waals surface area (Å²) in [4.78, 5) is 7.77. The van der Waals surface area contributed by atoms with Crippen LogP contribution in [0.5, 0.6) is 0 Å². The molecule has 0 atom stereocenters. The molecule has 0 saturated heterocycles. The van der Waals surface area contributed by atoms with Gasteiger partial charge in [0, 0.05) is 0 Å². The third kappa shape index (κ3) is 6.36. The van der Waals surface area contributed by atoms with Gasteiger partial charge in [0.25, 0.3) is 5.78 Å². The van der Waals surface area contributed by atoms with Crippen molar-refractivity contribution in [2.45, 2.75) is 11.0 Å². The summed E-state index contributed by atoms with van der Waals surface area (Å²) >= 11 is 9.22. The molecule has 3 nitrogen and oxygen atoms in total. The Balaban J connectivity index is -0.000000320. The van der Waals surface area contributed by atoms with Gasteiger partial charge in [-0.15, -0.1) is 0 Å². The normalized spacial score (nSPS) is 10.0. The van der Waals surface area contributed by atoms with Crippen LogP contribution in [0, 0.1) is 0 Å². The molecule has 11 heavy (non-hydrogen) atoms. The maximum atomic E-state index is 11.2. The van der Waals surface area contributed by atoms with Gasteiger partial charge in [0.1, 0.15) is 0 Å². The summed E-state index contributed by atoms with van der Waals surface area (Å²) in [5, 5.41) is 0. The number of carbonyl (C=O) groups excluding carboxylic acids is 1. The number of rotatable bonds is 1. The van der Waals surface area contributed by atoms with Crippen molar-refractivity contribution in [2.75, 3.05) is 0 Å². The van der Waals surface area contributed by atoms with Crippen molar-refractivity contribution in [3.63, 3.8) is 0 Å². The smallest absolute Gasteiger partial charge is 0.412 e. The van der Waals surface area contributed by atoms with E-state index in [-0.39, 0.29) is 11.0 Å². The van der Waals surface area contributed by atoms with Crippen molar-refractivity contribution < 1.29 is 28.9 Å². The fourth-order valence-corrected chi connectivity index (χ4v) is 0.371. The van der Waals surface area contributed by atoms with Gasteiger partial charge >= 0.3 is 6.18 Å². The lowest BCUT2D eigenvalue weighted by Crippen LogP contribution is -2.27. The van der Waals surface area contributed by atoms with E-state index in [0.717, 1.165) is 0 Å². The van der Waals surface area contributed by atoms with Crippen LogP contribution >= 0.6 is 23.2 Å². The molecule has 0 aromatic carbocycles. The third-order valence-corrected chi connectivity index (χ3v) is 0.874. The summed E-state index contributed by atoms with van der Waals surface area (Å²) in [6.07, 6.45) is -4.92. The molecule has 0 rings (SSSR count). The minimum absolute atomic E-state index is 0. The zero-order valence-corrected chi connectivity index (χ0v) is 6.39. The maximum absolute atomic E-state index is 11.2. The molecule has 0 aliphatic rings. The third-order valence-electron chi connectivity index (χ3n) is 0.478. The molecule has 0 aromatic rings. The minimum Gasteiger partial charge on any atom is -0.412 e. The molecule has 0 aliphatic heterocycles. The molecule has 70 valence electrons. The van der Waals surface area contributed by atoms with Gasteiger partial charge in [-0.3, -0.25) is 4.79 Å². The Morgan fingerprint density at radius 1 is 1.18 bits per heavy atom. The number of halogens is 5. The van der Waals surface area contributed by atoms with Gasteiger partial charge in [0.2, 0.25) is 0 Å². The molecule has 0 bridgehead atoms. The fourth-order valence-electron chi connectivity index (χ4n) is 0.124. The molecule has 0 amide bonds. The Labute approximate surface area is 69.7 Å². The highest BCUT2D eigenvalue weighted by molar-refractivity contribution is 6.54. The summed E-state index contributed by atoms with van der Waals surface area (Å²) in [6, 6.07) is 0. The SMILES string of the molecule is O.O.O=C(C(Cl)Cl)C(F)(F)F. The Morgan fingerprint density at radius 3 is 1.45 bits per heavy atom. The summed E-state index contributed by atoms with van der Waals surface area (Å²) in [7, 11) is 0. The highest BCUT2D eigenvalue weighted by Gasteiger charge is 2.41. The first-order chi connectivity index (χ1) is 3.85. The van der Waals surface area contributed by atoms with Crippen molar-refractivity contribution >= 4 is 29.0 Å². The zero-order chi connectivity index (χ0) is 7.65. The van der Waals surface area contributed by atoms with Crippen LogP contribution in [0.1, 0.15) is 0 Å². The number of hydrogen-bond donors (Lipinski definition) is 0. The number of Topliss-reactive ketones (excluding diaryl/α,β-unsaturated/α-hetero) is 1. The molecular formula is C3H5Cl2F3O3. The average Bonchev–Trinajstić information content (AvgIpc) is 1.62. The van der Waals surface area contributed by atoms with E-state index in [9.17, 15) is 18.0 Å². The molecule has 0 unspecified atom stereocenters. The van der Waals surface area contributed by atoms with Gasteiger partial charge in [0.15, 0.2) is 4.84 Å². The molecule has 0 spiro atoms. The second-order valence-electron chi connectivity index (χ2n) is 1.16. The van der Waals surface area contributed by atoms with E-state index in [4.69, 9.17) is 0 Å². The van der Waals surface area contributed by atoms with E-state index >= 15 is 0 Å². The van der Waals surface area contributed by atoms with Crippen LogP contribution in [0.2, 0.25) is 0 Å². The summed E-state index contributed by atoms with van der Waals surface area (Å²) < 4.78 is 33.5. The maximum Gasteiger partial charge on any atom is 0.452 e. The molecular weight excluding hydrogens is 212 g/mol. The van der Waals surface area contributed by atoms with Crippen LogP contribution in [0.3, 0.4) is 0 Å². The van der Waals surface area contributed by atoms with Crippen LogP contribution in [0.4, 0.5) is 13.2 Å². The lowest BCUT2D eigenvalue weighted by Gasteiger charge is -2.03. The predicted molar refractivity (Wildman–Crippen MR) is 33.8 cm³/mol. The standard InChI is InChI=1S/C3HCl2F3O.2H2O/c4-2(5)1(9)3(6,7)8;;/h2H;2*1H2. The molecule has 0 saturated carbocycles. The fraction of sp³-hybridized carbons (Fsp3) is 0.667. The lowest BCUT2D eigenvalue weighted by atomic mass is 10.4. The Bertz CT molecular complexity index is 123. The number of alkyl halides is 5. The first-order valence-corrected chi connectivity index (χ1v) is 2.62. The molecule has 0 heterocycles. The second kappa shape index (κ2) is 5.59. The van der Waals surface area contributed by atoms with E-state index < -0.39 is 16.8 Å². The van der Waals surface area contributed by atoms with Gasteiger partial charge in [-0.2, -0.15) is 13.2 Å². The predicted octanol–water partition coefficient (Wildman–Crippen LogP) is 0.272. The van der Waals surface area contributed by atoms with Gasteiger partial charge in [0.05, 0.1) is 0 Å². The summed E-state index contributed by atoms with van der Waals surface area (Å²) in [5.74, 6) is -2.13. The first kappa shape index (κ1) is 17.2. The minimum atomic E-state index is -4.92. The van der Waals surface area contributed by atoms with E-state index in [1.165, 1.54) is 0 Å². The number of hydrogen-bond acceptors (Lipinski definition) is 1. The van der Waals surface area contributed by atoms with Gasteiger partial charge in [-0.05, 0) is 0 Å². The summed E-state index contributed by atoms with van der Waals surface area (Å²) in [5.41, 5.74) is 0. The van der Waals surface area contributed by atoms with Crippen LogP contribution in [0.25, 0.3) is 0 Å². The summed E-state index contributed by atoms with van der Waals surface area (Å²) in [6.45, 7) is 0. The van der Waals surface area contributed by atoms with Crippen LogP contribution in [-0.2, 0) is 4.79 Å². The van der Waals surface area contributed by atoms with E-state index in [1.807, 2.05) is 0 Å². The Kier molecular flexibility index (Phi) is 8.72. The van der Waals surface area contributed by atoms with Crippen molar-refractivity contribution in [1.29, 1.82) is 0 Å². The van der Waals surface area contributed by atoms with Gasteiger partial charge in [-0.25, -0.2) is 0 Å². The Morgan fingerprint density at radius 2 is 1.45 bits per heavy atom. The van der Waals surface area contributed by atoms with E-state index in [0.29, 0.717) is 0 Å². The topological polar surface area (TPSA) is 80.1 Å². The van der Waals surface area contributed by atoms with E-state index in [1.54, 1.807) is 0 Å². The molecule has 0 fully saturated rings. The first-order valence-electron chi connectivity index (χ1n) is 1.75. The van der Waals surface area contributed by atoms with E-state index in [2.05, 4.69) is 23.2 Å². The second-order valence-corrected chi connectivity index (χ2v) is 2.26. The number of ketones is 1. The Hall–Kier alpha value is -0.0400. The molecule has 8 heteroatoms. The highest BCUT2D eigenvalue weighted by Crippen LogP contribution is 2.21. The average molecular weight is 217 g/mol. The number of carbonyl (C=O) groups is 1. The zero-order valence-electron chi connectivity index (χ0n) is 4.88. The molecule has 4 N–H and O–H groups in total. The van der Waals surface area contributed by atoms with Crippen LogP contribution in [0.15, 0.2) is 0 Å². The van der Waals surface area contributed by atoms with Crippen LogP contribution < -0.4 is 0 Å². The van der Waals surface area contributed by atoms with Gasteiger partial charge < -0.3 is 11.0 Å². The van der Waals surface area contributed by atoms with Crippen molar-refractivity contribution in [3.05, 3.63) is 0 Å². The van der Waals surface area contributed by atoms with Crippen molar-refractivity contribution in [3.8, 4) is 0 Å². The highest BCUT2D eigenvalue weighted by atomic mass is 35.5. The van der Waals surface area contributed by atoms with Crippen molar-refractivity contribution in [1.82, 2.24) is 0 Å².